The Morgan fingerprint density at radius 2 is 2.33 bits per heavy atom. The van der Waals surface area contributed by atoms with Gasteiger partial charge in [-0.3, -0.25) is 9.48 Å². The molecule has 1 atom stereocenters. The second kappa shape index (κ2) is 4.94. The first kappa shape index (κ1) is 13.7. The quantitative estimate of drug-likeness (QED) is 0.832. The van der Waals surface area contributed by atoms with E-state index in [4.69, 9.17) is 4.52 Å². The van der Waals surface area contributed by atoms with Gasteiger partial charge in [-0.15, -0.1) is 0 Å². The van der Waals surface area contributed by atoms with Crippen molar-refractivity contribution >= 4 is 5.91 Å². The second-order valence-corrected chi connectivity index (χ2v) is 5.34. The molecule has 112 valence electrons. The van der Waals surface area contributed by atoms with Gasteiger partial charge in [0.05, 0.1) is 18.3 Å². The molecule has 1 aliphatic heterocycles. The van der Waals surface area contributed by atoms with Crippen molar-refractivity contribution in [1.82, 2.24) is 24.8 Å². The van der Waals surface area contributed by atoms with Crippen LogP contribution in [0.15, 0.2) is 16.9 Å². The maximum Gasteiger partial charge on any atom is 0.266 e. The molecule has 0 radical (unpaired) electrons. The van der Waals surface area contributed by atoms with Gasteiger partial charge in [-0.1, -0.05) is 5.16 Å². The molecule has 0 bridgehead atoms. The van der Waals surface area contributed by atoms with Crippen molar-refractivity contribution in [3.8, 4) is 0 Å². The van der Waals surface area contributed by atoms with Gasteiger partial charge in [0.25, 0.3) is 11.8 Å². The van der Waals surface area contributed by atoms with E-state index in [9.17, 15) is 4.79 Å². The van der Waals surface area contributed by atoms with Crippen LogP contribution in [-0.2, 0) is 12.7 Å². The third-order valence-corrected chi connectivity index (χ3v) is 3.59. The number of nitrogens with zero attached hydrogens (tertiary/aromatic N) is 5. The summed E-state index contributed by atoms with van der Waals surface area (Å²) in [5, 5.41) is 7.59. The van der Waals surface area contributed by atoms with Crippen LogP contribution >= 0.6 is 0 Å². The molecule has 1 amide bonds. The van der Waals surface area contributed by atoms with Gasteiger partial charge < -0.3 is 9.42 Å². The fraction of sp³-hybridized carbons (Fsp3) is 0.538. The summed E-state index contributed by atoms with van der Waals surface area (Å²) in [6.07, 6.45) is 3.91. The highest BCUT2D eigenvalue weighted by Crippen LogP contribution is 2.35. The van der Waals surface area contributed by atoms with Gasteiger partial charge in [0.15, 0.2) is 5.82 Å². The Balaban J connectivity index is 1.81. The minimum absolute atomic E-state index is 0.0521. The number of carbonyl (C=O) groups is 1. The Kier molecular flexibility index (Phi) is 3.23. The van der Waals surface area contributed by atoms with Crippen molar-refractivity contribution in [3.63, 3.8) is 0 Å². The van der Waals surface area contributed by atoms with Crippen molar-refractivity contribution in [2.75, 3.05) is 13.1 Å². The van der Waals surface area contributed by atoms with Crippen molar-refractivity contribution in [3.05, 3.63) is 29.7 Å². The Bertz CT molecular complexity index is 667. The maximum atomic E-state index is 15.0. The van der Waals surface area contributed by atoms with Crippen LogP contribution in [0.3, 0.4) is 0 Å². The zero-order valence-electron chi connectivity index (χ0n) is 11.9. The first-order chi connectivity index (χ1) is 9.98. The Labute approximate surface area is 120 Å². The average Bonchev–Trinajstić information content (AvgIpc) is 3.07. The monoisotopic (exact) mass is 293 g/mol. The maximum absolute atomic E-state index is 15.0. The third kappa shape index (κ3) is 2.53. The zero-order valence-corrected chi connectivity index (χ0v) is 11.9. The van der Waals surface area contributed by atoms with E-state index in [1.165, 1.54) is 11.1 Å². The van der Waals surface area contributed by atoms with Crippen LogP contribution in [0.5, 0.6) is 0 Å². The van der Waals surface area contributed by atoms with Crippen LogP contribution in [0.1, 0.15) is 34.9 Å². The largest absolute Gasteiger partial charge is 0.336 e. The molecule has 2 aromatic heterocycles. The predicted octanol–water partition coefficient (Wildman–Crippen LogP) is 1.21. The number of piperidine rings is 1. The summed E-state index contributed by atoms with van der Waals surface area (Å²) in [6, 6.07) is 0. The molecule has 0 N–H and O–H groups in total. The number of halogens is 1. The first-order valence-corrected chi connectivity index (χ1v) is 6.75. The molecule has 7 nitrogen and oxygen atoms in total. The molecule has 1 aliphatic rings. The number of hydrogen-bond donors (Lipinski definition) is 0. The summed E-state index contributed by atoms with van der Waals surface area (Å²) >= 11 is 0. The van der Waals surface area contributed by atoms with E-state index in [0.29, 0.717) is 24.4 Å². The lowest BCUT2D eigenvalue weighted by atomic mass is 9.94. The highest BCUT2D eigenvalue weighted by Gasteiger charge is 2.43. The molecule has 8 heteroatoms. The Morgan fingerprint density at radius 3 is 2.95 bits per heavy atom. The lowest BCUT2D eigenvalue weighted by Crippen LogP contribution is -2.46. The molecule has 21 heavy (non-hydrogen) atoms. The number of aryl methyl sites for hydroxylation is 2. The van der Waals surface area contributed by atoms with Gasteiger partial charge >= 0.3 is 0 Å². The minimum Gasteiger partial charge on any atom is -0.336 e. The number of rotatable bonds is 2. The average molecular weight is 293 g/mol. The molecule has 0 aromatic carbocycles. The molecule has 3 rings (SSSR count). The summed E-state index contributed by atoms with van der Waals surface area (Å²) in [5.41, 5.74) is -1.33. The minimum atomic E-state index is -1.78. The fourth-order valence-corrected chi connectivity index (χ4v) is 2.55. The number of likely N-dealkylation sites (tertiary alicyclic amines) is 1. The Morgan fingerprint density at radius 1 is 1.52 bits per heavy atom. The number of aromatic nitrogens is 4. The molecule has 0 saturated carbocycles. The molecule has 0 spiro atoms. The van der Waals surface area contributed by atoms with Crippen molar-refractivity contribution in [1.29, 1.82) is 0 Å². The van der Waals surface area contributed by atoms with Crippen LogP contribution in [0.2, 0.25) is 0 Å². The van der Waals surface area contributed by atoms with Gasteiger partial charge in [0.1, 0.15) is 0 Å². The van der Waals surface area contributed by atoms with Gasteiger partial charge in [-0.25, -0.2) is 4.39 Å². The molecular weight excluding hydrogens is 277 g/mol. The molecular formula is C13H16FN5O2. The number of carbonyl (C=O) groups excluding carboxylic acids is 1. The predicted molar refractivity (Wildman–Crippen MR) is 70.2 cm³/mol. The lowest BCUT2D eigenvalue weighted by molar-refractivity contribution is 0.0152. The van der Waals surface area contributed by atoms with E-state index in [0.717, 1.165) is 0 Å². The highest BCUT2D eigenvalue weighted by atomic mass is 19.1. The van der Waals surface area contributed by atoms with E-state index in [1.807, 2.05) is 0 Å². The van der Waals surface area contributed by atoms with Gasteiger partial charge in [0, 0.05) is 19.8 Å². The van der Waals surface area contributed by atoms with Crippen LogP contribution in [-0.4, -0.2) is 43.8 Å². The molecule has 3 heterocycles. The van der Waals surface area contributed by atoms with E-state index in [1.54, 1.807) is 24.9 Å². The summed E-state index contributed by atoms with van der Waals surface area (Å²) in [5.74, 6) is 0.0995. The summed E-state index contributed by atoms with van der Waals surface area (Å²) < 4.78 is 21.5. The molecule has 1 saturated heterocycles. The molecule has 1 fully saturated rings. The lowest BCUT2D eigenvalue weighted by Gasteiger charge is -2.34. The second-order valence-electron chi connectivity index (χ2n) is 5.34. The summed E-state index contributed by atoms with van der Waals surface area (Å²) in [4.78, 5) is 17.8. The van der Waals surface area contributed by atoms with Crippen molar-refractivity contribution in [2.45, 2.75) is 25.4 Å². The van der Waals surface area contributed by atoms with Crippen LogP contribution in [0.4, 0.5) is 4.39 Å². The SMILES string of the molecule is Cc1noc(C2(F)CCCN(C(=O)c3cnn(C)c3)C2)n1. The zero-order chi connectivity index (χ0) is 15.0. The van der Waals surface area contributed by atoms with Gasteiger partial charge in [-0.05, 0) is 19.8 Å². The van der Waals surface area contributed by atoms with E-state index in [2.05, 4.69) is 15.2 Å². The Hall–Kier alpha value is -2.25. The van der Waals surface area contributed by atoms with Crippen molar-refractivity contribution < 1.29 is 13.7 Å². The van der Waals surface area contributed by atoms with E-state index in [-0.39, 0.29) is 24.8 Å². The van der Waals surface area contributed by atoms with Gasteiger partial charge in [-0.2, -0.15) is 10.1 Å². The third-order valence-electron chi connectivity index (χ3n) is 3.59. The highest BCUT2D eigenvalue weighted by molar-refractivity contribution is 5.93. The van der Waals surface area contributed by atoms with Crippen LogP contribution < -0.4 is 0 Å². The van der Waals surface area contributed by atoms with Crippen LogP contribution in [0, 0.1) is 6.92 Å². The van der Waals surface area contributed by atoms with Crippen LogP contribution in [0.25, 0.3) is 0 Å². The molecule has 2 aromatic rings. The topological polar surface area (TPSA) is 77.0 Å². The molecule has 0 aliphatic carbocycles. The van der Waals surface area contributed by atoms with E-state index < -0.39 is 5.67 Å². The van der Waals surface area contributed by atoms with Crippen molar-refractivity contribution in [2.24, 2.45) is 7.05 Å². The van der Waals surface area contributed by atoms with Gasteiger partial charge in [0.2, 0.25) is 5.67 Å². The molecule has 1 unspecified atom stereocenters. The first-order valence-electron chi connectivity index (χ1n) is 6.75. The summed E-state index contributed by atoms with van der Waals surface area (Å²) in [6.45, 7) is 2.06. The normalized spacial score (nSPS) is 22.5. The number of hydrogen-bond acceptors (Lipinski definition) is 5. The number of amides is 1. The standard InChI is InChI=1S/C13H16FN5O2/c1-9-16-12(21-17-9)13(14)4-3-5-19(8-13)11(20)10-6-15-18(2)7-10/h6-7H,3-5,8H2,1-2H3. The summed E-state index contributed by atoms with van der Waals surface area (Å²) in [7, 11) is 1.73. The smallest absolute Gasteiger partial charge is 0.266 e. The van der Waals surface area contributed by atoms with E-state index >= 15 is 4.39 Å². The fourth-order valence-electron chi connectivity index (χ4n) is 2.55. The number of alkyl halides is 1.